The molecule has 0 aliphatic carbocycles. The molecule has 4 rings (SSSR count). The number of hydrogen-bond donors (Lipinski definition) is 1. The minimum atomic E-state index is -0.212. The highest BCUT2D eigenvalue weighted by molar-refractivity contribution is 5.79. The smallest absolute Gasteiger partial charge is 0.241 e. The molecule has 0 fully saturated rings. The van der Waals surface area contributed by atoms with E-state index in [9.17, 15) is 4.79 Å². The molecule has 0 bridgehead atoms. The van der Waals surface area contributed by atoms with Crippen LogP contribution in [0.3, 0.4) is 0 Å². The fourth-order valence-corrected chi connectivity index (χ4v) is 2.62. The Kier molecular flexibility index (Phi) is 3.74. The zero-order valence-corrected chi connectivity index (χ0v) is 12.9. The maximum Gasteiger partial charge on any atom is 0.241 e. The van der Waals surface area contributed by atoms with Gasteiger partial charge in [-0.15, -0.1) is 5.10 Å². The highest BCUT2D eigenvalue weighted by Gasteiger charge is 2.21. The third kappa shape index (κ3) is 2.88. The maximum absolute atomic E-state index is 12.1. The summed E-state index contributed by atoms with van der Waals surface area (Å²) in [5.74, 6) is 1.28. The first-order valence-corrected chi connectivity index (χ1v) is 7.73. The van der Waals surface area contributed by atoms with Gasteiger partial charge in [-0.05, 0) is 24.3 Å². The summed E-state index contributed by atoms with van der Waals surface area (Å²) in [4.78, 5) is 12.1. The molecule has 0 saturated heterocycles. The monoisotopic (exact) mass is 324 g/mol. The SMILES string of the molecule is O=C(Cn1nnc2ccccc21)NCC1COc2ccccc2O1. The molecule has 0 saturated carbocycles. The predicted octanol–water partition coefficient (Wildman–Crippen LogP) is 1.39. The fourth-order valence-electron chi connectivity index (χ4n) is 2.62. The summed E-state index contributed by atoms with van der Waals surface area (Å²) >= 11 is 0. The van der Waals surface area contributed by atoms with Gasteiger partial charge in [-0.25, -0.2) is 4.68 Å². The largest absolute Gasteiger partial charge is 0.486 e. The van der Waals surface area contributed by atoms with Crippen LogP contribution in [-0.4, -0.2) is 40.2 Å². The van der Waals surface area contributed by atoms with Gasteiger partial charge in [0, 0.05) is 0 Å². The average Bonchev–Trinajstić information content (AvgIpc) is 3.03. The Labute approximate surface area is 138 Å². The van der Waals surface area contributed by atoms with Crippen molar-refractivity contribution in [3.05, 3.63) is 48.5 Å². The normalized spacial score (nSPS) is 16.1. The van der Waals surface area contributed by atoms with E-state index in [-0.39, 0.29) is 18.6 Å². The van der Waals surface area contributed by atoms with E-state index in [2.05, 4.69) is 15.6 Å². The Bertz CT molecular complexity index is 877. The van der Waals surface area contributed by atoms with E-state index in [4.69, 9.17) is 9.47 Å². The lowest BCUT2D eigenvalue weighted by Crippen LogP contribution is -2.41. The van der Waals surface area contributed by atoms with E-state index in [0.717, 1.165) is 16.8 Å². The van der Waals surface area contributed by atoms with Gasteiger partial charge in [0.25, 0.3) is 0 Å². The molecule has 1 atom stereocenters. The minimum absolute atomic E-state index is 0.116. The second-order valence-electron chi connectivity index (χ2n) is 5.54. The van der Waals surface area contributed by atoms with E-state index in [1.54, 1.807) is 4.68 Å². The molecule has 1 aliphatic rings. The van der Waals surface area contributed by atoms with Gasteiger partial charge < -0.3 is 14.8 Å². The molecular formula is C17H16N4O3. The van der Waals surface area contributed by atoms with Gasteiger partial charge in [-0.1, -0.05) is 29.5 Å². The summed E-state index contributed by atoms with van der Waals surface area (Å²) in [6.45, 7) is 0.897. The molecule has 3 aromatic rings. The highest BCUT2D eigenvalue weighted by Crippen LogP contribution is 2.30. The lowest BCUT2D eigenvalue weighted by molar-refractivity contribution is -0.122. The quantitative estimate of drug-likeness (QED) is 0.784. The average molecular weight is 324 g/mol. The molecule has 7 heteroatoms. The van der Waals surface area contributed by atoms with Crippen LogP contribution in [0.2, 0.25) is 0 Å². The minimum Gasteiger partial charge on any atom is -0.486 e. The maximum atomic E-state index is 12.1. The standard InChI is InChI=1S/C17H16N4O3/c22-17(10-21-14-6-2-1-5-13(14)19-20-21)18-9-12-11-23-15-7-3-4-8-16(15)24-12/h1-8,12H,9-11H2,(H,18,22). The number of para-hydroxylation sites is 3. The Morgan fingerprint density at radius 3 is 2.88 bits per heavy atom. The second kappa shape index (κ2) is 6.19. The molecule has 122 valence electrons. The molecule has 1 aromatic heterocycles. The van der Waals surface area contributed by atoms with Crippen LogP contribution in [0.4, 0.5) is 0 Å². The molecule has 1 unspecified atom stereocenters. The number of carbonyl (C=O) groups excluding carboxylic acids is 1. The lowest BCUT2D eigenvalue weighted by atomic mass is 10.2. The Balaban J connectivity index is 1.34. The zero-order valence-electron chi connectivity index (χ0n) is 12.9. The van der Waals surface area contributed by atoms with Crippen LogP contribution < -0.4 is 14.8 Å². The molecule has 1 aliphatic heterocycles. The molecule has 1 N–H and O–H groups in total. The van der Waals surface area contributed by atoms with E-state index in [1.807, 2.05) is 48.5 Å². The van der Waals surface area contributed by atoms with Crippen molar-refractivity contribution < 1.29 is 14.3 Å². The summed E-state index contributed by atoms with van der Waals surface area (Å²) in [5.41, 5.74) is 1.60. The summed E-state index contributed by atoms with van der Waals surface area (Å²) in [5, 5.41) is 10.9. The molecule has 7 nitrogen and oxygen atoms in total. The number of aromatic nitrogens is 3. The first-order valence-electron chi connectivity index (χ1n) is 7.73. The second-order valence-corrected chi connectivity index (χ2v) is 5.54. The number of amides is 1. The number of nitrogens with one attached hydrogen (secondary N) is 1. The van der Waals surface area contributed by atoms with Crippen molar-refractivity contribution in [2.45, 2.75) is 12.6 Å². The third-order valence-corrected chi connectivity index (χ3v) is 3.81. The van der Waals surface area contributed by atoms with Crippen LogP contribution in [0.1, 0.15) is 0 Å². The lowest BCUT2D eigenvalue weighted by Gasteiger charge is -2.26. The highest BCUT2D eigenvalue weighted by atomic mass is 16.6. The van der Waals surface area contributed by atoms with Gasteiger partial charge in [-0.3, -0.25) is 4.79 Å². The predicted molar refractivity (Wildman–Crippen MR) is 86.9 cm³/mol. The molecular weight excluding hydrogens is 308 g/mol. The number of fused-ring (bicyclic) bond motifs is 2. The van der Waals surface area contributed by atoms with Crippen molar-refractivity contribution in [1.29, 1.82) is 0 Å². The van der Waals surface area contributed by atoms with Gasteiger partial charge in [0.2, 0.25) is 5.91 Å². The number of carbonyl (C=O) groups is 1. The summed E-state index contributed by atoms with van der Waals surface area (Å²) < 4.78 is 13.0. The molecule has 2 aromatic carbocycles. The van der Waals surface area contributed by atoms with Crippen LogP contribution in [0, 0.1) is 0 Å². The fraction of sp³-hybridized carbons (Fsp3) is 0.235. The summed E-state index contributed by atoms with van der Waals surface area (Å²) in [6, 6.07) is 15.0. The Hall–Kier alpha value is -3.09. The van der Waals surface area contributed by atoms with Crippen molar-refractivity contribution in [3.8, 4) is 11.5 Å². The van der Waals surface area contributed by atoms with E-state index in [1.165, 1.54) is 0 Å². The van der Waals surface area contributed by atoms with Crippen molar-refractivity contribution in [2.75, 3.05) is 13.2 Å². The van der Waals surface area contributed by atoms with E-state index in [0.29, 0.717) is 18.9 Å². The first-order chi connectivity index (χ1) is 11.8. The molecule has 0 spiro atoms. The van der Waals surface area contributed by atoms with Crippen LogP contribution in [0.15, 0.2) is 48.5 Å². The Morgan fingerprint density at radius 2 is 1.96 bits per heavy atom. The van der Waals surface area contributed by atoms with E-state index < -0.39 is 0 Å². The number of ether oxygens (including phenoxy) is 2. The third-order valence-electron chi connectivity index (χ3n) is 3.81. The van der Waals surface area contributed by atoms with Gasteiger partial charge in [0.05, 0.1) is 12.1 Å². The van der Waals surface area contributed by atoms with Crippen molar-refractivity contribution in [1.82, 2.24) is 20.3 Å². The van der Waals surface area contributed by atoms with Gasteiger partial charge in [0.15, 0.2) is 11.5 Å². The first kappa shape index (κ1) is 14.5. The molecule has 0 radical (unpaired) electrons. The summed E-state index contributed by atoms with van der Waals surface area (Å²) in [7, 11) is 0. The molecule has 24 heavy (non-hydrogen) atoms. The Morgan fingerprint density at radius 1 is 1.17 bits per heavy atom. The van der Waals surface area contributed by atoms with Crippen LogP contribution >= 0.6 is 0 Å². The number of hydrogen-bond acceptors (Lipinski definition) is 5. The van der Waals surface area contributed by atoms with Crippen LogP contribution in [0.5, 0.6) is 11.5 Å². The number of benzene rings is 2. The van der Waals surface area contributed by atoms with Gasteiger partial charge >= 0.3 is 0 Å². The van der Waals surface area contributed by atoms with Gasteiger partial charge in [-0.2, -0.15) is 0 Å². The van der Waals surface area contributed by atoms with Gasteiger partial charge in [0.1, 0.15) is 24.8 Å². The van der Waals surface area contributed by atoms with E-state index >= 15 is 0 Å². The zero-order chi connectivity index (χ0) is 16.4. The summed E-state index contributed by atoms with van der Waals surface area (Å²) in [6.07, 6.45) is -0.212. The van der Waals surface area contributed by atoms with Crippen molar-refractivity contribution in [3.63, 3.8) is 0 Å². The molecule has 2 heterocycles. The molecule has 1 amide bonds. The number of rotatable bonds is 4. The van der Waals surface area contributed by atoms with Crippen LogP contribution in [-0.2, 0) is 11.3 Å². The van der Waals surface area contributed by atoms with Crippen molar-refractivity contribution >= 4 is 16.9 Å². The topological polar surface area (TPSA) is 78.3 Å². The van der Waals surface area contributed by atoms with Crippen molar-refractivity contribution in [2.24, 2.45) is 0 Å². The van der Waals surface area contributed by atoms with Crippen LogP contribution in [0.25, 0.3) is 11.0 Å². The number of nitrogens with zero attached hydrogens (tertiary/aromatic N) is 3.